The maximum absolute atomic E-state index is 13.3. The minimum atomic E-state index is -2.60. The average Bonchev–Trinajstić information content (AvgIpc) is 2.92. The lowest BCUT2D eigenvalue weighted by molar-refractivity contribution is -0.141. The van der Waals surface area contributed by atoms with Crippen molar-refractivity contribution in [2.24, 2.45) is 0 Å². The Bertz CT molecular complexity index is 1510. The highest BCUT2D eigenvalue weighted by Gasteiger charge is 2.33. The van der Waals surface area contributed by atoms with Gasteiger partial charge >= 0.3 is 0 Å². The highest BCUT2D eigenvalue weighted by atomic mass is 16.6. The van der Waals surface area contributed by atoms with E-state index < -0.39 is 55.9 Å². The molecule has 3 heterocycles. The van der Waals surface area contributed by atoms with E-state index in [2.05, 4.69) is 9.97 Å². The summed E-state index contributed by atoms with van der Waals surface area (Å²) >= 11 is 0. The van der Waals surface area contributed by atoms with Crippen LogP contribution in [0, 0.1) is 0 Å². The second-order valence-corrected chi connectivity index (χ2v) is 7.10. The largest absolute Gasteiger partial charge is 0.493 e. The molecule has 2 aliphatic rings. The number of nitrogen functional groups attached to an aromatic ring is 1. The molecule has 0 bridgehead atoms. The van der Waals surface area contributed by atoms with Gasteiger partial charge in [-0.1, -0.05) is 12.1 Å². The smallest absolute Gasteiger partial charge is 0.267 e. The molecular formula is C23H25N5O5. The van der Waals surface area contributed by atoms with Crippen LogP contribution in [0.5, 0.6) is 23.0 Å². The lowest BCUT2D eigenvalue weighted by Crippen LogP contribution is -2.54. The summed E-state index contributed by atoms with van der Waals surface area (Å²) in [5.74, 6) is -1.32. The first-order chi connectivity index (χ1) is 19.3. The molecule has 2 aromatic carbocycles. The van der Waals surface area contributed by atoms with Crippen LogP contribution in [-0.2, 0) is 4.79 Å². The van der Waals surface area contributed by atoms with E-state index in [1.165, 1.54) is 14.2 Å². The topological polar surface area (TPSA) is 112 Å². The number of nitrogens with two attached hydrogens (primary N) is 1. The molecule has 0 saturated carbocycles. The summed E-state index contributed by atoms with van der Waals surface area (Å²) in [7, 11) is 2.50. The number of amides is 1. The van der Waals surface area contributed by atoms with E-state index in [1.54, 1.807) is 24.3 Å². The summed E-state index contributed by atoms with van der Waals surface area (Å²) in [6.07, 6.45) is -1.13. The van der Waals surface area contributed by atoms with Crippen molar-refractivity contribution in [3.05, 3.63) is 36.4 Å². The normalized spacial score (nSPS) is 24.1. The number of benzene rings is 2. The number of hydrogen-bond donors (Lipinski definition) is 1. The number of methoxy groups -OCH3 is 2. The van der Waals surface area contributed by atoms with E-state index in [0.29, 0.717) is 16.4 Å². The van der Waals surface area contributed by atoms with Gasteiger partial charge in [0.15, 0.2) is 25.8 Å². The van der Waals surface area contributed by atoms with Gasteiger partial charge in [0.05, 0.1) is 28.0 Å². The van der Waals surface area contributed by atoms with E-state index in [1.807, 2.05) is 0 Å². The molecule has 10 heteroatoms. The number of aromatic nitrogens is 2. The Balaban J connectivity index is 1.54. The minimum Gasteiger partial charge on any atom is -0.493 e. The third-order valence-corrected chi connectivity index (χ3v) is 5.10. The summed E-state index contributed by atoms with van der Waals surface area (Å²) in [6, 6.07) is 5.97. The number of fused-ring (bicyclic) bond motifs is 2. The van der Waals surface area contributed by atoms with E-state index in [0.717, 1.165) is 4.90 Å². The molecule has 2 N–H and O–H groups in total. The number of nitrogens with zero attached hydrogens (tertiary/aromatic N) is 4. The zero-order chi connectivity index (χ0) is 29.9. The van der Waals surface area contributed by atoms with Crippen LogP contribution >= 0.6 is 0 Å². The van der Waals surface area contributed by atoms with Gasteiger partial charge in [0, 0.05) is 37.5 Å². The average molecular weight is 460 g/mol. The zero-order valence-corrected chi connectivity index (χ0v) is 17.8. The summed E-state index contributed by atoms with van der Waals surface area (Å²) in [6.45, 7) is -6.58. The van der Waals surface area contributed by atoms with Crippen LogP contribution < -0.4 is 29.6 Å². The number of para-hydroxylation sites is 2. The number of hydrogen-bond acceptors (Lipinski definition) is 9. The summed E-state index contributed by atoms with van der Waals surface area (Å²) in [4.78, 5) is 23.2. The van der Waals surface area contributed by atoms with E-state index in [9.17, 15) is 4.79 Å². The fourth-order valence-electron chi connectivity index (χ4n) is 3.43. The quantitative estimate of drug-likeness (QED) is 0.609. The molecule has 1 saturated heterocycles. The molecule has 1 unspecified atom stereocenters. The zero-order valence-electron chi connectivity index (χ0n) is 25.8. The first kappa shape index (κ1) is 13.6. The molecule has 1 fully saturated rings. The lowest BCUT2D eigenvalue weighted by atomic mass is 10.2. The molecule has 1 atom stereocenters. The second-order valence-electron chi connectivity index (χ2n) is 7.10. The van der Waals surface area contributed by atoms with Gasteiger partial charge in [-0.2, -0.15) is 4.98 Å². The van der Waals surface area contributed by atoms with Gasteiger partial charge in [0.25, 0.3) is 5.91 Å². The van der Waals surface area contributed by atoms with E-state index >= 15 is 0 Å². The number of anilines is 2. The number of ether oxygens (including phenoxy) is 4. The molecule has 2 aliphatic heterocycles. The molecule has 0 aliphatic carbocycles. The minimum absolute atomic E-state index is 0.0556. The van der Waals surface area contributed by atoms with Crippen molar-refractivity contribution in [3.8, 4) is 23.0 Å². The van der Waals surface area contributed by atoms with Gasteiger partial charge in [-0.15, -0.1) is 0 Å². The van der Waals surface area contributed by atoms with Crippen LogP contribution in [0.15, 0.2) is 36.4 Å². The Morgan fingerprint density at radius 1 is 1.18 bits per heavy atom. The van der Waals surface area contributed by atoms with Crippen molar-refractivity contribution in [2.75, 3.05) is 57.5 Å². The SMILES string of the molecule is [2H]c1c(OC)c(OC)c([2H])c2c(N([2H])[2H])nc(N3C([2H])([2H])CN(C(=O)C4COc5ccccc5O4)CC3([2H])[2H])nc12. The van der Waals surface area contributed by atoms with Crippen molar-refractivity contribution in [1.82, 2.24) is 14.9 Å². The molecule has 0 spiro atoms. The van der Waals surface area contributed by atoms with Crippen LogP contribution in [0.2, 0.25) is 2.82 Å². The van der Waals surface area contributed by atoms with Crippen LogP contribution in [0.3, 0.4) is 0 Å². The molecule has 0 radical (unpaired) electrons. The monoisotopic (exact) mass is 459 g/mol. The molecule has 3 aromatic rings. The standard InChI is InChI=1S/C23H25N5O5/c1-30-18-11-14-15(12-19(18)31-2)25-23(26-21(14)24)28-9-7-27(8-10-28)22(29)20-13-32-16-5-3-4-6-17(16)33-20/h3-6,11-12,20H,7-10,13H2,1-2H3,(H2,24,25,26)/i9D2,10D2,11D,12D/hD2. The van der Waals surface area contributed by atoms with Crippen LogP contribution in [0.1, 0.15) is 8.22 Å². The van der Waals surface area contributed by atoms with Crippen molar-refractivity contribution in [1.29, 1.82) is 0 Å². The fraction of sp³-hybridized carbons (Fsp3) is 0.348. The van der Waals surface area contributed by atoms with Crippen molar-refractivity contribution in [2.45, 2.75) is 6.10 Å². The lowest BCUT2D eigenvalue weighted by Gasteiger charge is -2.37. The Kier molecular flexibility index (Phi) is 3.51. The Labute approximate surface area is 202 Å². The fourth-order valence-corrected chi connectivity index (χ4v) is 3.43. The van der Waals surface area contributed by atoms with Gasteiger partial charge < -0.3 is 34.5 Å². The van der Waals surface area contributed by atoms with Crippen molar-refractivity contribution < 1.29 is 34.8 Å². The molecular weight excluding hydrogens is 426 g/mol. The second kappa shape index (κ2) is 8.53. The van der Waals surface area contributed by atoms with Crippen LogP contribution in [0.4, 0.5) is 11.8 Å². The third kappa shape index (κ3) is 3.88. The van der Waals surface area contributed by atoms with Gasteiger partial charge in [-0.25, -0.2) is 4.98 Å². The molecule has 33 heavy (non-hydrogen) atoms. The Hall–Kier alpha value is -3.95. The number of rotatable bonds is 5. The predicted molar refractivity (Wildman–Crippen MR) is 122 cm³/mol. The van der Waals surface area contributed by atoms with E-state index in [-0.39, 0.29) is 40.8 Å². The highest BCUT2D eigenvalue weighted by Crippen LogP contribution is 2.34. The van der Waals surface area contributed by atoms with Gasteiger partial charge in [0.2, 0.25) is 12.1 Å². The molecule has 5 rings (SSSR count). The first-order valence-corrected chi connectivity index (χ1v) is 9.99. The van der Waals surface area contributed by atoms with Crippen molar-refractivity contribution >= 4 is 28.6 Å². The Morgan fingerprint density at radius 2 is 1.91 bits per heavy atom. The van der Waals surface area contributed by atoms with Gasteiger partial charge in [-0.05, 0) is 18.2 Å². The maximum Gasteiger partial charge on any atom is 0.267 e. The van der Waals surface area contributed by atoms with Crippen LogP contribution in [-0.4, -0.2) is 73.8 Å². The van der Waals surface area contributed by atoms with Crippen molar-refractivity contribution in [3.63, 3.8) is 0 Å². The molecule has 1 aromatic heterocycles. The third-order valence-electron chi connectivity index (χ3n) is 5.10. The Morgan fingerprint density at radius 3 is 2.64 bits per heavy atom. The molecule has 1 amide bonds. The summed E-state index contributed by atoms with van der Waals surface area (Å²) in [5, 5.41) is -0.217. The number of carbonyl (C=O) groups excluding carboxylic acids is 1. The first-order valence-electron chi connectivity index (χ1n) is 13.9. The van der Waals surface area contributed by atoms with Gasteiger partial charge in [-0.3, -0.25) is 4.79 Å². The highest BCUT2D eigenvalue weighted by molar-refractivity contribution is 5.91. The van der Waals surface area contributed by atoms with Gasteiger partial charge in [0.1, 0.15) is 12.4 Å². The number of piperazine rings is 1. The van der Waals surface area contributed by atoms with Crippen LogP contribution in [0.25, 0.3) is 10.9 Å². The molecule has 172 valence electrons. The number of carbonyl (C=O) groups is 1. The molecule has 10 nitrogen and oxygen atoms in total. The predicted octanol–water partition coefficient (Wildman–Crippen LogP) is 1.72. The summed E-state index contributed by atoms with van der Waals surface area (Å²) in [5.41, 5.74) is -0.228. The van der Waals surface area contributed by atoms with E-state index in [4.69, 9.17) is 30.0 Å². The summed E-state index contributed by atoms with van der Waals surface area (Å²) < 4.78 is 89.5. The maximum atomic E-state index is 13.3.